The quantitative estimate of drug-likeness (QED) is 0.658. The summed E-state index contributed by atoms with van der Waals surface area (Å²) in [5, 5.41) is 0. The first kappa shape index (κ1) is 9.71. The fourth-order valence-corrected chi connectivity index (χ4v) is 1.16. The minimum absolute atomic E-state index is 0.550. The lowest BCUT2D eigenvalue weighted by molar-refractivity contribution is -0.107. The van der Waals surface area contributed by atoms with Gasteiger partial charge in [-0.15, -0.1) is 0 Å². The van der Waals surface area contributed by atoms with Crippen LogP contribution in [0.5, 0.6) is 5.88 Å². The van der Waals surface area contributed by atoms with Crippen LogP contribution in [0, 0.1) is 6.92 Å². The van der Waals surface area contributed by atoms with Crippen LogP contribution in [0.2, 0.25) is 0 Å². The molecule has 0 aliphatic rings. The minimum Gasteiger partial charge on any atom is -0.481 e. The Bertz CT molecular complexity index is 297. The van der Waals surface area contributed by atoms with E-state index in [1.54, 1.807) is 7.11 Å². The Morgan fingerprint density at radius 2 is 2.31 bits per heavy atom. The van der Waals surface area contributed by atoms with Crippen molar-refractivity contribution in [2.75, 3.05) is 7.11 Å². The summed E-state index contributed by atoms with van der Waals surface area (Å²) in [7, 11) is 1.59. The molecule has 3 heteroatoms. The van der Waals surface area contributed by atoms with Crippen LogP contribution in [0.3, 0.4) is 0 Å². The van der Waals surface area contributed by atoms with Gasteiger partial charge in [-0.2, -0.15) is 0 Å². The molecular formula is C10H13NO2. The molecule has 0 aliphatic heterocycles. The molecule has 0 radical (unpaired) electrons. The number of aryl methyl sites for hydroxylation is 2. The van der Waals surface area contributed by atoms with Crippen molar-refractivity contribution in [2.24, 2.45) is 0 Å². The van der Waals surface area contributed by atoms with Crippen molar-refractivity contribution in [3.8, 4) is 5.88 Å². The third-order valence-corrected chi connectivity index (χ3v) is 1.91. The molecule has 0 bridgehead atoms. The number of aromatic nitrogens is 1. The van der Waals surface area contributed by atoms with Gasteiger partial charge in [0.15, 0.2) is 0 Å². The molecule has 1 rings (SSSR count). The molecule has 0 aliphatic carbocycles. The lowest BCUT2D eigenvalue weighted by Crippen LogP contribution is -1.96. The van der Waals surface area contributed by atoms with E-state index in [1.807, 2.05) is 19.1 Å². The number of hydrogen-bond donors (Lipinski definition) is 0. The minimum atomic E-state index is 0.550. The summed E-state index contributed by atoms with van der Waals surface area (Å²) in [6.07, 6.45) is 2.23. The molecule has 13 heavy (non-hydrogen) atoms. The van der Waals surface area contributed by atoms with E-state index in [0.717, 1.165) is 24.0 Å². The molecule has 3 nitrogen and oxygen atoms in total. The van der Waals surface area contributed by atoms with E-state index in [1.165, 1.54) is 0 Å². The standard InChI is InChI=1S/C10H13NO2/c1-8-9(4-3-7-12)5-6-10(11-8)13-2/h5-7H,3-4H2,1-2H3. The van der Waals surface area contributed by atoms with Gasteiger partial charge in [0.2, 0.25) is 5.88 Å². The lowest BCUT2D eigenvalue weighted by atomic mass is 10.1. The Labute approximate surface area is 77.8 Å². The average Bonchev–Trinajstić information content (AvgIpc) is 2.16. The molecule has 70 valence electrons. The van der Waals surface area contributed by atoms with Gasteiger partial charge in [0.05, 0.1) is 7.11 Å². The number of methoxy groups -OCH3 is 1. The van der Waals surface area contributed by atoms with Crippen molar-refractivity contribution in [2.45, 2.75) is 19.8 Å². The molecule has 0 saturated carbocycles. The molecule has 0 amide bonds. The number of carbonyl (C=O) groups excluding carboxylic acids is 1. The SMILES string of the molecule is COc1ccc(CCC=O)c(C)n1. The van der Waals surface area contributed by atoms with Crippen molar-refractivity contribution in [1.82, 2.24) is 4.98 Å². The van der Waals surface area contributed by atoms with Gasteiger partial charge in [-0.3, -0.25) is 0 Å². The van der Waals surface area contributed by atoms with Crippen molar-refractivity contribution in [3.05, 3.63) is 23.4 Å². The van der Waals surface area contributed by atoms with Crippen LogP contribution >= 0.6 is 0 Å². The molecule has 1 aromatic heterocycles. The first-order chi connectivity index (χ1) is 6.27. The van der Waals surface area contributed by atoms with E-state index in [2.05, 4.69) is 4.98 Å². The summed E-state index contributed by atoms with van der Waals surface area (Å²) >= 11 is 0. The Hall–Kier alpha value is -1.38. The van der Waals surface area contributed by atoms with Crippen LogP contribution in [0.25, 0.3) is 0 Å². The molecule has 0 unspecified atom stereocenters. The molecule has 0 saturated heterocycles. The molecule has 1 heterocycles. The third kappa shape index (κ3) is 2.54. The highest BCUT2D eigenvalue weighted by Gasteiger charge is 2.00. The highest BCUT2D eigenvalue weighted by atomic mass is 16.5. The molecule has 1 aromatic rings. The topological polar surface area (TPSA) is 39.2 Å². The van der Waals surface area contributed by atoms with Crippen molar-refractivity contribution in [3.63, 3.8) is 0 Å². The highest BCUT2D eigenvalue weighted by molar-refractivity contribution is 5.50. The number of aldehydes is 1. The Morgan fingerprint density at radius 3 is 2.85 bits per heavy atom. The van der Waals surface area contributed by atoms with Gasteiger partial charge in [-0.1, -0.05) is 6.07 Å². The Kier molecular flexibility index (Phi) is 3.43. The van der Waals surface area contributed by atoms with E-state index in [9.17, 15) is 4.79 Å². The van der Waals surface area contributed by atoms with E-state index in [0.29, 0.717) is 12.3 Å². The van der Waals surface area contributed by atoms with Gasteiger partial charge >= 0.3 is 0 Å². The van der Waals surface area contributed by atoms with Gasteiger partial charge in [0.25, 0.3) is 0 Å². The van der Waals surface area contributed by atoms with Gasteiger partial charge < -0.3 is 9.53 Å². The van der Waals surface area contributed by atoms with Crippen LogP contribution in [0.15, 0.2) is 12.1 Å². The van der Waals surface area contributed by atoms with Crippen molar-refractivity contribution in [1.29, 1.82) is 0 Å². The van der Waals surface area contributed by atoms with Gasteiger partial charge in [-0.25, -0.2) is 4.98 Å². The van der Waals surface area contributed by atoms with Crippen molar-refractivity contribution >= 4 is 6.29 Å². The number of carbonyl (C=O) groups is 1. The largest absolute Gasteiger partial charge is 0.481 e. The summed E-state index contributed by atoms with van der Waals surface area (Å²) in [6, 6.07) is 3.76. The monoisotopic (exact) mass is 179 g/mol. The summed E-state index contributed by atoms with van der Waals surface area (Å²) in [4.78, 5) is 14.4. The maximum absolute atomic E-state index is 10.2. The first-order valence-corrected chi connectivity index (χ1v) is 4.22. The first-order valence-electron chi connectivity index (χ1n) is 4.22. The van der Waals surface area contributed by atoms with Crippen LogP contribution in [0.4, 0.5) is 0 Å². The number of pyridine rings is 1. The van der Waals surface area contributed by atoms with Crippen LogP contribution in [-0.2, 0) is 11.2 Å². The fourth-order valence-electron chi connectivity index (χ4n) is 1.16. The second-order valence-electron chi connectivity index (χ2n) is 2.80. The second kappa shape index (κ2) is 4.60. The molecule has 0 atom stereocenters. The zero-order valence-electron chi connectivity index (χ0n) is 7.91. The summed E-state index contributed by atoms with van der Waals surface area (Å²) in [5.74, 6) is 0.618. The molecule has 0 N–H and O–H groups in total. The predicted octanol–water partition coefficient (Wildman–Crippen LogP) is 1.53. The normalized spacial score (nSPS) is 9.69. The number of nitrogens with zero attached hydrogens (tertiary/aromatic N) is 1. The van der Waals surface area contributed by atoms with Gasteiger partial charge in [0, 0.05) is 18.2 Å². The Morgan fingerprint density at radius 1 is 1.54 bits per heavy atom. The van der Waals surface area contributed by atoms with E-state index < -0.39 is 0 Å². The summed E-state index contributed by atoms with van der Waals surface area (Å²) in [5.41, 5.74) is 2.04. The molecule has 0 aromatic carbocycles. The van der Waals surface area contributed by atoms with Crippen LogP contribution < -0.4 is 4.74 Å². The smallest absolute Gasteiger partial charge is 0.213 e. The Balaban J connectivity index is 2.78. The second-order valence-corrected chi connectivity index (χ2v) is 2.80. The molecule has 0 spiro atoms. The summed E-state index contributed by atoms with van der Waals surface area (Å²) in [6.45, 7) is 1.92. The lowest BCUT2D eigenvalue weighted by Gasteiger charge is -2.04. The number of hydrogen-bond acceptors (Lipinski definition) is 3. The number of ether oxygens (including phenoxy) is 1. The fraction of sp³-hybridized carbons (Fsp3) is 0.400. The number of rotatable bonds is 4. The van der Waals surface area contributed by atoms with Crippen LogP contribution in [0.1, 0.15) is 17.7 Å². The maximum atomic E-state index is 10.2. The van der Waals surface area contributed by atoms with E-state index >= 15 is 0 Å². The van der Waals surface area contributed by atoms with Gasteiger partial charge in [0.1, 0.15) is 6.29 Å². The average molecular weight is 179 g/mol. The van der Waals surface area contributed by atoms with E-state index in [4.69, 9.17) is 4.74 Å². The molecule has 0 fully saturated rings. The summed E-state index contributed by atoms with van der Waals surface area (Å²) < 4.78 is 4.97. The highest BCUT2D eigenvalue weighted by Crippen LogP contribution is 2.12. The zero-order valence-corrected chi connectivity index (χ0v) is 7.91. The van der Waals surface area contributed by atoms with E-state index in [-0.39, 0.29) is 0 Å². The van der Waals surface area contributed by atoms with Gasteiger partial charge in [-0.05, 0) is 18.9 Å². The predicted molar refractivity (Wildman–Crippen MR) is 49.9 cm³/mol. The van der Waals surface area contributed by atoms with Crippen LogP contribution in [-0.4, -0.2) is 18.4 Å². The molecular weight excluding hydrogens is 166 g/mol. The van der Waals surface area contributed by atoms with Crippen molar-refractivity contribution < 1.29 is 9.53 Å². The third-order valence-electron chi connectivity index (χ3n) is 1.91. The zero-order chi connectivity index (χ0) is 9.68. The maximum Gasteiger partial charge on any atom is 0.213 e.